The summed E-state index contributed by atoms with van der Waals surface area (Å²) in [6.45, 7) is 0.586. The van der Waals surface area contributed by atoms with Crippen LogP contribution in [0.3, 0.4) is 0 Å². The maximum absolute atomic E-state index is 12.1. The molecule has 2 aromatic heterocycles. The van der Waals surface area contributed by atoms with Gasteiger partial charge in [0.05, 0.1) is 11.8 Å². The van der Waals surface area contributed by atoms with Crippen molar-refractivity contribution in [3.05, 3.63) is 46.5 Å². The van der Waals surface area contributed by atoms with Gasteiger partial charge in [-0.2, -0.15) is 0 Å². The van der Waals surface area contributed by atoms with E-state index in [9.17, 15) is 9.90 Å². The first kappa shape index (κ1) is 14.2. The zero-order valence-electron chi connectivity index (χ0n) is 12.3. The molecule has 1 N–H and O–H groups in total. The lowest BCUT2D eigenvalue weighted by molar-refractivity contribution is 0.0283. The molecular formula is C16H21N3O2. The summed E-state index contributed by atoms with van der Waals surface area (Å²) >= 11 is 0. The summed E-state index contributed by atoms with van der Waals surface area (Å²) < 4.78 is 1.54. The van der Waals surface area contributed by atoms with E-state index in [0.717, 1.165) is 31.4 Å². The number of likely N-dealkylation sites (N-methyl/N-ethyl adjacent to an activating group) is 1. The van der Waals surface area contributed by atoms with E-state index in [1.807, 2.05) is 25.2 Å². The Labute approximate surface area is 123 Å². The molecule has 5 heteroatoms. The van der Waals surface area contributed by atoms with Crippen LogP contribution in [0.4, 0.5) is 0 Å². The van der Waals surface area contributed by atoms with Gasteiger partial charge < -0.3 is 5.11 Å². The number of aliphatic hydroxyl groups is 1. The average molecular weight is 287 g/mol. The van der Waals surface area contributed by atoms with Gasteiger partial charge in [-0.15, -0.1) is 0 Å². The van der Waals surface area contributed by atoms with Gasteiger partial charge in [-0.05, 0) is 32.0 Å². The summed E-state index contributed by atoms with van der Waals surface area (Å²) in [6.07, 6.45) is 5.57. The molecule has 0 radical (unpaired) electrons. The first-order chi connectivity index (χ1) is 10.1. The van der Waals surface area contributed by atoms with Gasteiger partial charge in [-0.25, -0.2) is 4.98 Å². The van der Waals surface area contributed by atoms with Crippen molar-refractivity contribution in [1.82, 2.24) is 14.3 Å². The molecule has 2 unspecified atom stereocenters. The van der Waals surface area contributed by atoms with Gasteiger partial charge in [0.2, 0.25) is 0 Å². The average Bonchev–Trinajstić information content (AvgIpc) is 2.47. The Kier molecular flexibility index (Phi) is 4.03. The highest BCUT2D eigenvalue weighted by molar-refractivity contribution is 5.37. The Hall–Kier alpha value is -1.72. The van der Waals surface area contributed by atoms with E-state index in [2.05, 4.69) is 9.88 Å². The number of fused-ring (bicyclic) bond motifs is 1. The molecular weight excluding hydrogens is 266 g/mol. The van der Waals surface area contributed by atoms with Crippen molar-refractivity contribution >= 4 is 5.65 Å². The predicted octanol–water partition coefficient (Wildman–Crippen LogP) is 1.43. The van der Waals surface area contributed by atoms with Gasteiger partial charge in [-0.3, -0.25) is 14.1 Å². The maximum Gasteiger partial charge on any atom is 0.258 e. The van der Waals surface area contributed by atoms with Crippen molar-refractivity contribution < 1.29 is 5.11 Å². The minimum absolute atomic E-state index is 0.0619. The lowest BCUT2D eigenvalue weighted by Crippen LogP contribution is -2.43. The fraction of sp³-hybridized carbons (Fsp3) is 0.500. The van der Waals surface area contributed by atoms with Gasteiger partial charge in [0.25, 0.3) is 5.56 Å². The molecule has 1 aliphatic rings. The van der Waals surface area contributed by atoms with Crippen molar-refractivity contribution in [2.75, 3.05) is 7.05 Å². The molecule has 0 aliphatic heterocycles. The minimum atomic E-state index is -0.273. The molecule has 2 aromatic rings. The third-order valence-corrected chi connectivity index (χ3v) is 4.30. The Balaban J connectivity index is 1.82. The number of rotatable bonds is 3. The zero-order valence-corrected chi connectivity index (χ0v) is 12.3. The van der Waals surface area contributed by atoms with Crippen LogP contribution in [-0.2, 0) is 6.54 Å². The number of aromatic nitrogens is 2. The van der Waals surface area contributed by atoms with Crippen molar-refractivity contribution in [3.8, 4) is 0 Å². The number of pyridine rings is 1. The van der Waals surface area contributed by atoms with E-state index in [1.54, 1.807) is 16.7 Å². The molecule has 0 spiro atoms. The van der Waals surface area contributed by atoms with Crippen LogP contribution < -0.4 is 5.56 Å². The topological polar surface area (TPSA) is 57.8 Å². The molecule has 0 aromatic carbocycles. The SMILES string of the molecule is CN(Cc1cc(=O)n2ccccc2n1)C1CCCCC1O. The van der Waals surface area contributed by atoms with Crippen LogP contribution in [0, 0.1) is 0 Å². The molecule has 1 fully saturated rings. The Bertz CT molecular complexity index is 683. The normalized spacial score (nSPS) is 22.8. The Morgan fingerprint density at radius 3 is 3.00 bits per heavy atom. The van der Waals surface area contributed by atoms with Crippen molar-refractivity contribution in [1.29, 1.82) is 0 Å². The van der Waals surface area contributed by atoms with Crippen LogP contribution in [-0.4, -0.2) is 38.6 Å². The molecule has 0 amide bonds. The zero-order chi connectivity index (χ0) is 14.8. The third kappa shape index (κ3) is 2.99. The lowest BCUT2D eigenvalue weighted by Gasteiger charge is -2.35. The van der Waals surface area contributed by atoms with Crippen LogP contribution in [0.1, 0.15) is 31.4 Å². The molecule has 0 bridgehead atoms. The molecule has 0 saturated heterocycles. The Morgan fingerprint density at radius 1 is 1.38 bits per heavy atom. The molecule has 5 nitrogen and oxygen atoms in total. The minimum Gasteiger partial charge on any atom is -0.391 e. The standard InChI is InChI=1S/C16H21N3O2/c1-18(13-6-2-3-7-14(13)20)11-12-10-16(21)19-9-5-4-8-15(19)17-12/h4-5,8-10,13-14,20H,2-3,6-7,11H2,1H3. The molecule has 3 rings (SSSR count). The molecule has 2 atom stereocenters. The monoisotopic (exact) mass is 287 g/mol. The highest BCUT2D eigenvalue weighted by Gasteiger charge is 2.26. The van der Waals surface area contributed by atoms with Crippen molar-refractivity contribution in [2.24, 2.45) is 0 Å². The van der Waals surface area contributed by atoms with Crippen LogP contribution in [0.15, 0.2) is 35.3 Å². The highest BCUT2D eigenvalue weighted by atomic mass is 16.3. The Morgan fingerprint density at radius 2 is 2.19 bits per heavy atom. The molecule has 2 heterocycles. The predicted molar refractivity (Wildman–Crippen MR) is 81.2 cm³/mol. The fourth-order valence-corrected chi connectivity index (χ4v) is 3.16. The second-order valence-corrected chi connectivity index (χ2v) is 5.85. The van der Waals surface area contributed by atoms with Crippen LogP contribution in [0.25, 0.3) is 5.65 Å². The van der Waals surface area contributed by atoms with Crippen LogP contribution >= 0.6 is 0 Å². The van der Waals surface area contributed by atoms with E-state index in [1.165, 1.54) is 0 Å². The van der Waals surface area contributed by atoms with Crippen molar-refractivity contribution in [3.63, 3.8) is 0 Å². The van der Waals surface area contributed by atoms with Gasteiger partial charge in [0, 0.05) is 24.8 Å². The molecule has 21 heavy (non-hydrogen) atoms. The number of hydrogen-bond acceptors (Lipinski definition) is 4. The van der Waals surface area contributed by atoms with E-state index in [-0.39, 0.29) is 17.7 Å². The van der Waals surface area contributed by atoms with Gasteiger partial charge in [-0.1, -0.05) is 18.9 Å². The summed E-state index contributed by atoms with van der Waals surface area (Å²) in [5.74, 6) is 0. The van der Waals surface area contributed by atoms with E-state index >= 15 is 0 Å². The third-order valence-electron chi connectivity index (χ3n) is 4.30. The first-order valence-corrected chi connectivity index (χ1v) is 7.51. The summed E-state index contributed by atoms with van der Waals surface area (Å²) in [7, 11) is 1.99. The van der Waals surface area contributed by atoms with Gasteiger partial charge >= 0.3 is 0 Å². The molecule has 1 aliphatic carbocycles. The summed E-state index contributed by atoms with van der Waals surface area (Å²) in [5.41, 5.74) is 1.36. The van der Waals surface area contributed by atoms with E-state index in [4.69, 9.17) is 0 Å². The van der Waals surface area contributed by atoms with Gasteiger partial charge in [0.15, 0.2) is 0 Å². The van der Waals surface area contributed by atoms with E-state index in [0.29, 0.717) is 12.2 Å². The molecule has 112 valence electrons. The second-order valence-electron chi connectivity index (χ2n) is 5.85. The smallest absolute Gasteiger partial charge is 0.258 e. The van der Waals surface area contributed by atoms with Crippen LogP contribution in [0.2, 0.25) is 0 Å². The number of aliphatic hydroxyl groups excluding tert-OH is 1. The van der Waals surface area contributed by atoms with E-state index < -0.39 is 0 Å². The number of hydrogen-bond donors (Lipinski definition) is 1. The first-order valence-electron chi connectivity index (χ1n) is 7.51. The quantitative estimate of drug-likeness (QED) is 0.928. The largest absolute Gasteiger partial charge is 0.391 e. The van der Waals surface area contributed by atoms with Crippen molar-refractivity contribution in [2.45, 2.75) is 44.4 Å². The highest BCUT2D eigenvalue weighted by Crippen LogP contribution is 2.23. The summed E-state index contributed by atoms with van der Waals surface area (Å²) in [5, 5.41) is 10.1. The number of nitrogens with zero attached hydrogens (tertiary/aromatic N) is 3. The fourth-order valence-electron chi connectivity index (χ4n) is 3.16. The lowest BCUT2D eigenvalue weighted by atomic mass is 9.91. The summed E-state index contributed by atoms with van der Waals surface area (Å²) in [4.78, 5) is 18.7. The second kappa shape index (κ2) is 5.95. The maximum atomic E-state index is 12.1. The van der Waals surface area contributed by atoms with Crippen LogP contribution in [0.5, 0.6) is 0 Å². The van der Waals surface area contributed by atoms with Gasteiger partial charge in [0.1, 0.15) is 5.65 Å². The summed E-state index contributed by atoms with van der Waals surface area (Å²) in [6, 6.07) is 7.27. The molecule has 1 saturated carbocycles.